The van der Waals surface area contributed by atoms with Crippen molar-refractivity contribution in [3.05, 3.63) is 47.8 Å². The first-order valence-corrected chi connectivity index (χ1v) is 6.12. The highest BCUT2D eigenvalue weighted by Crippen LogP contribution is 2.18. The normalized spacial score (nSPS) is 12.1. The second-order valence-electron chi connectivity index (χ2n) is 4.29. The van der Waals surface area contributed by atoms with E-state index in [4.69, 9.17) is 5.73 Å². The summed E-state index contributed by atoms with van der Waals surface area (Å²) < 4.78 is 0. The van der Waals surface area contributed by atoms with Crippen molar-refractivity contribution in [1.82, 2.24) is 9.97 Å². The van der Waals surface area contributed by atoms with E-state index in [1.54, 1.807) is 6.20 Å². The molecule has 1 aromatic heterocycles. The molecule has 0 saturated carbocycles. The molecule has 0 radical (unpaired) electrons. The molecule has 0 amide bonds. The third kappa shape index (κ3) is 2.97. The summed E-state index contributed by atoms with van der Waals surface area (Å²) in [4.78, 5) is 8.18. The summed E-state index contributed by atoms with van der Waals surface area (Å²) in [6.07, 6.45) is 4.27. The molecule has 0 bridgehead atoms. The highest BCUT2D eigenvalue weighted by Gasteiger charge is 2.06. The molecule has 94 valence electrons. The Morgan fingerprint density at radius 2 is 1.94 bits per heavy atom. The maximum atomic E-state index is 5.60. The number of aryl methyl sites for hydroxylation is 1. The number of anilines is 2. The minimum Gasteiger partial charge on any atom is -0.382 e. The summed E-state index contributed by atoms with van der Waals surface area (Å²) in [5.74, 6) is 1.12. The largest absolute Gasteiger partial charge is 0.382 e. The summed E-state index contributed by atoms with van der Waals surface area (Å²) in [5, 5.41) is 3.28. The lowest BCUT2D eigenvalue weighted by Gasteiger charge is -2.15. The van der Waals surface area contributed by atoms with Gasteiger partial charge in [-0.05, 0) is 24.5 Å². The molecule has 18 heavy (non-hydrogen) atoms. The quantitative estimate of drug-likeness (QED) is 0.865. The molecule has 1 unspecified atom stereocenters. The Kier molecular flexibility index (Phi) is 3.77. The van der Waals surface area contributed by atoms with E-state index in [-0.39, 0.29) is 6.04 Å². The molecule has 0 saturated heterocycles. The Bertz CT molecular complexity index is 507. The zero-order chi connectivity index (χ0) is 13.0. The van der Waals surface area contributed by atoms with Gasteiger partial charge >= 0.3 is 0 Å². The molecule has 0 aliphatic heterocycles. The number of aromatic nitrogens is 2. The number of nitrogens with two attached hydrogens (primary N) is 1. The van der Waals surface area contributed by atoms with Gasteiger partial charge in [-0.2, -0.15) is 0 Å². The summed E-state index contributed by atoms with van der Waals surface area (Å²) >= 11 is 0. The van der Waals surface area contributed by atoms with E-state index in [2.05, 4.69) is 53.4 Å². The van der Waals surface area contributed by atoms with Crippen LogP contribution in [0.1, 0.15) is 31.0 Å². The SMILES string of the molecule is CCc1ccc(C(C)Nc2cncc(N)n2)cc1. The van der Waals surface area contributed by atoms with Crippen molar-refractivity contribution in [3.63, 3.8) is 0 Å². The summed E-state index contributed by atoms with van der Waals surface area (Å²) in [5.41, 5.74) is 8.16. The molecule has 0 spiro atoms. The first kappa shape index (κ1) is 12.4. The maximum Gasteiger partial charge on any atom is 0.147 e. The Balaban J connectivity index is 2.09. The average Bonchev–Trinajstić information content (AvgIpc) is 2.39. The van der Waals surface area contributed by atoms with Gasteiger partial charge < -0.3 is 11.1 Å². The highest BCUT2D eigenvalue weighted by molar-refractivity contribution is 5.41. The lowest BCUT2D eigenvalue weighted by molar-refractivity contribution is 0.870. The van der Waals surface area contributed by atoms with Crippen LogP contribution in [0.25, 0.3) is 0 Å². The maximum absolute atomic E-state index is 5.60. The number of hydrogen-bond acceptors (Lipinski definition) is 4. The summed E-state index contributed by atoms with van der Waals surface area (Å²) in [6, 6.07) is 8.75. The number of benzene rings is 1. The van der Waals surface area contributed by atoms with Crippen LogP contribution in [0.4, 0.5) is 11.6 Å². The lowest BCUT2D eigenvalue weighted by Crippen LogP contribution is -2.09. The van der Waals surface area contributed by atoms with Crippen LogP contribution in [-0.2, 0) is 6.42 Å². The van der Waals surface area contributed by atoms with E-state index >= 15 is 0 Å². The third-order valence-electron chi connectivity index (χ3n) is 2.91. The lowest BCUT2D eigenvalue weighted by atomic mass is 10.1. The van der Waals surface area contributed by atoms with Crippen LogP contribution in [0.5, 0.6) is 0 Å². The number of nitrogen functional groups attached to an aromatic ring is 1. The van der Waals surface area contributed by atoms with E-state index < -0.39 is 0 Å². The molecule has 1 aromatic carbocycles. The topological polar surface area (TPSA) is 63.8 Å². The summed E-state index contributed by atoms with van der Waals surface area (Å²) in [6.45, 7) is 4.24. The van der Waals surface area contributed by atoms with Crippen LogP contribution < -0.4 is 11.1 Å². The summed E-state index contributed by atoms with van der Waals surface area (Å²) in [7, 11) is 0. The van der Waals surface area contributed by atoms with Crippen LogP contribution in [0, 0.1) is 0 Å². The fraction of sp³-hybridized carbons (Fsp3) is 0.286. The van der Waals surface area contributed by atoms with Crippen molar-refractivity contribution in [2.75, 3.05) is 11.1 Å². The van der Waals surface area contributed by atoms with E-state index in [0.717, 1.165) is 6.42 Å². The standard InChI is InChI=1S/C14H18N4/c1-3-11-4-6-12(7-5-11)10(2)17-14-9-16-8-13(15)18-14/h4-10H,3H2,1-2H3,(H3,15,17,18). The van der Waals surface area contributed by atoms with E-state index in [1.165, 1.54) is 17.3 Å². The Morgan fingerprint density at radius 3 is 2.56 bits per heavy atom. The second kappa shape index (κ2) is 5.49. The zero-order valence-electron chi connectivity index (χ0n) is 10.7. The minimum absolute atomic E-state index is 0.173. The Morgan fingerprint density at radius 1 is 1.22 bits per heavy atom. The fourth-order valence-corrected chi connectivity index (χ4v) is 1.80. The van der Waals surface area contributed by atoms with Crippen molar-refractivity contribution < 1.29 is 0 Å². The molecule has 1 atom stereocenters. The molecule has 0 aliphatic carbocycles. The van der Waals surface area contributed by atoms with Gasteiger partial charge in [0.1, 0.15) is 11.6 Å². The van der Waals surface area contributed by atoms with Gasteiger partial charge in [-0.25, -0.2) is 4.98 Å². The van der Waals surface area contributed by atoms with Crippen molar-refractivity contribution in [3.8, 4) is 0 Å². The molecular weight excluding hydrogens is 224 g/mol. The van der Waals surface area contributed by atoms with Crippen LogP contribution in [-0.4, -0.2) is 9.97 Å². The number of hydrogen-bond donors (Lipinski definition) is 2. The van der Waals surface area contributed by atoms with Gasteiger partial charge in [0.25, 0.3) is 0 Å². The van der Waals surface area contributed by atoms with Gasteiger partial charge in [0.05, 0.1) is 12.4 Å². The van der Waals surface area contributed by atoms with Gasteiger partial charge in [-0.3, -0.25) is 4.98 Å². The predicted octanol–water partition coefficient (Wildman–Crippen LogP) is 2.79. The van der Waals surface area contributed by atoms with Gasteiger partial charge in [0.2, 0.25) is 0 Å². The van der Waals surface area contributed by atoms with Crippen LogP contribution in [0.3, 0.4) is 0 Å². The van der Waals surface area contributed by atoms with E-state index in [9.17, 15) is 0 Å². The molecular formula is C14H18N4. The van der Waals surface area contributed by atoms with Crippen LogP contribution in [0.2, 0.25) is 0 Å². The number of rotatable bonds is 4. The van der Waals surface area contributed by atoms with Gasteiger partial charge in [-0.1, -0.05) is 31.2 Å². The third-order valence-corrected chi connectivity index (χ3v) is 2.91. The first-order chi connectivity index (χ1) is 8.69. The monoisotopic (exact) mass is 242 g/mol. The smallest absolute Gasteiger partial charge is 0.147 e. The molecule has 4 nitrogen and oxygen atoms in total. The molecule has 0 aliphatic rings. The van der Waals surface area contributed by atoms with Crippen LogP contribution in [0.15, 0.2) is 36.7 Å². The van der Waals surface area contributed by atoms with Gasteiger partial charge in [0.15, 0.2) is 0 Å². The molecule has 2 aromatic rings. The molecule has 1 heterocycles. The van der Waals surface area contributed by atoms with Crippen LogP contribution >= 0.6 is 0 Å². The minimum atomic E-state index is 0.173. The van der Waals surface area contributed by atoms with E-state index in [0.29, 0.717) is 11.6 Å². The highest BCUT2D eigenvalue weighted by atomic mass is 15.1. The van der Waals surface area contributed by atoms with Crippen molar-refractivity contribution in [1.29, 1.82) is 0 Å². The first-order valence-electron chi connectivity index (χ1n) is 6.12. The number of nitrogens with one attached hydrogen (secondary N) is 1. The predicted molar refractivity (Wildman–Crippen MR) is 74.3 cm³/mol. The second-order valence-corrected chi connectivity index (χ2v) is 4.29. The van der Waals surface area contributed by atoms with Crippen molar-refractivity contribution >= 4 is 11.6 Å². The zero-order valence-corrected chi connectivity index (χ0v) is 10.7. The van der Waals surface area contributed by atoms with Crippen molar-refractivity contribution in [2.24, 2.45) is 0 Å². The van der Waals surface area contributed by atoms with Crippen molar-refractivity contribution in [2.45, 2.75) is 26.3 Å². The Hall–Kier alpha value is -2.10. The molecule has 0 fully saturated rings. The van der Waals surface area contributed by atoms with Gasteiger partial charge in [0, 0.05) is 6.04 Å². The fourth-order valence-electron chi connectivity index (χ4n) is 1.80. The molecule has 2 rings (SSSR count). The molecule has 3 N–H and O–H groups in total. The van der Waals surface area contributed by atoms with E-state index in [1.807, 2.05) is 0 Å². The number of nitrogens with zero attached hydrogens (tertiary/aromatic N) is 2. The molecule has 4 heteroatoms. The average molecular weight is 242 g/mol. The Labute approximate surface area is 107 Å². The van der Waals surface area contributed by atoms with Gasteiger partial charge in [-0.15, -0.1) is 0 Å².